The summed E-state index contributed by atoms with van der Waals surface area (Å²) in [6.45, 7) is 11.0. The Labute approximate surface area is 341 Å². The number of benzene rings is 6. The van der Waals surface area contributed by atoms with Crippen molar-refractivity contribution in [1.82, 2.24) is 14.1 Å². The van der Waals surface area contributed by atoms with E-state index in [1.54, 1.807) is 0 Å². The number of aromatic nitrogens is 3. The maximum atomic E-state index is 6.75. The molecule has 6 aromatic carbocycles. The van der Waals surface area contributed by atoms with Crippen LogP contribution in [0.4, 0.5) is 17.1 Å². The molecule has 1 aliphatic rings. The first-order valence-corrected chi connectivity index (χ1v) is 18.7. The fraction of sp³-hybridized carbons (Fsp3) is 0.143. The summed E-state index contributed by atoms with van der Waals surface area (Å²) in [5.74, 6) is 2.08. The van der Waals surface area contributed by atoms with Gasteiger partial charge < -0.3 is 23.7 Å². The smallest absolute Gasteiger partial charge is 0.137 e. The van der Waals surface area contributed by atoms with Crippen molar-refractivity contribution in [3.8, 4) is 28.4 Å². The van der Waals surface area contributed by atoms with E-state index < -0.39 is 0 Å². The van der Waals surface area contributed by atoms with Crippen molar-refractivity contribution in [2.45, 2.75) is 33.1 Å². The fourth-order valence-corrected chi connectivity index (χ4v) is 8.08. The van der Waals surface area contributed by atoms with Gasteiger partial charge >= 0.3 is 0 Å². The Bertz CT molecular complexity index is 2970. The third-order valence-electron chi connectivity index (χ3n) is 11.0. The molecule has 0 amide bonds. The van der Waals surface area contributed by atoms with E-state index in [1.165, 1.54) is 27.6 Å². The van der Waals surface area contributed by atoms with Crippen molar-refractivity contribution in [1.29, 1.82) is 0 Å². The summed E-state index contributed by atoms with van der Waals surface area (Å²) >= 11 is 0. The van der Waals surface area contributed by atoms with Crippen molar-refractivity contribution in [3.05, 3.63) is 157 Å². The molecule has 0 radical (unpaired) electrons. The van der Waals surface area contributed by atoms with Gasteiger partial charge in [-0.1, -0.05) is 92.5 Å². The average Bonchev–Trinajstić information content (AvgIpc) is 3.80. The summed E-state index contributed by atoms with van der Waals surface area (Å²) in [6.07, 6.45) is 2.01. The van der Waals surface area contributed by atoms with Gasteiger partial charge in [0.1, 0.15) is 5.82 Å². The minimum atomic E-state index is -0.132. The molecule has 0 aliphatic carbocycles. The second-order valence-electron chi connectivity index (χ2n) is 15.7. The molecule has 10 rings (SSSR count). The maximum Gasteiger partial charge on any atom is 0.137 e. The Morgan fingerprint density at radius 3 is 2.27 bits per heavy atom. The number of ether oxygens (including phenoxy) is 1. The molecule has 6 nitrogen and oxygen atoms in total. The molecule has 0 saturated heterocycles. The van der Waals surface area contributed by atoms with E-state index in [0.717, 1.165) is 61.2 Å². The van der Waals surface area contributed by atoms with Crippen molar-refractivity contribution in [2.75, 3.05) is 16.8 Å². The summed E-state index contributed by atoms with van der Waals surface area (Å²) in [7, 11) is 4.21. The van der Waals surface area contributed by atoms with E-state index in [9.17, 15) is 0 Å². The van der Waals surface area contributed by atoms with Crippen LogP contribution >= 0.6 is 0 Å². The number of nitrogens with zero attached hydrogens (tertiary/aromatic N) is 5. The molecule has 4 heterocycles. The molecular weight excluding hydrogens is 870 g/mol. The number of hydrogen-bond donors (Lipinski definition) is 0. The molecule has 0 spiro atoms. The zero-order chi connectivity index (χ0) is 37.6. The molecule has 0 unspecified atom stereocenters. The van der Waals surface area contributed by atoms with Gasteiger partial charge in [-0.05, 0) is 66.2 Å². The summed E-state index contributed by atoms with van der Waals surface area (Å²) < 4.78 is 11.2. The first-order chi connectivity index (χ1) is 26.6. The number of hydrogen-bond acceptors (Lipinski definition) is 4. The summed E-state index contributed by atoms with van der Waals surface area (Å²) in [6, 6.07) is 50.2. The van der Waals surface area contributed by atoms with Crippen LogP contribution in [0, 0.1) is 25.7 Å². The molecule has 0 saturated carbocycles. The largest absolute Gasteiger partial charge is 0.509 e. The van der Waals surface area contributed by atoms with Crippen LogP contribution in [0.2, 0.25) is 0 Å². The Morgan fingerprint density at radius 1 is 0.643 bits per heavy atom. The Kier molecular flexibility index (Phi) is 8.59. The van der Waals surface area contributed by atoms with Gasteiger partial charge in [-0.15, -0.1) is 47.0 Å². The fourth-order valence-electron chi connectivity index (χ4n) is 8.08. The third kappa shape index (κ3) is 5.86. The van der Waals surface area contributed by atoms with Gasteiger partial charge in [-0.25, -0.2) is 4.98 Å². The van der Waals surface area contributed by atoms with E-state index in [0.29, 0.717) is 11.5 Å². The van der Waals surface area contributed by atoms with Gasteiger partial charge in [-0.3, -0.25) is 0 Å². The van der Waals surface area contributed by atoms with E-state index in [4.69, 9.17) is 9.72 Å². The van der Waals surface area contributed by atoms with Crippen LogP contribution < -0.4 is 14.5 Å². The molecular formula is C49H40N5OPt-3. The van der Waals surface area contributed by atoms with Gasteiger partial charge in [0.25, 0.3) is 0 Å². The Hall–Kier alpha value is -5.84. The van der Waals surface area contributed by atoms with E-state index in [-0.39, 0.29) is 26.5 Å². The van der Waals surface area contributed by atoms with Crippen LogP contribution in [0.25, 0.3) is 60.6 Å². The van der Waals surface area contributed by atoms with Crippen LogP contribution in [0.15, 0.2) is 128 Å². The quantitative estimate of drug-likeness (QED) is 0.161. The second kappa shape index (κ2) is 13.4. The van der Waals surface area contributed by atoms with Crippen molar-refractivity contribution < 1.29 is 25.8 Å². The molecule has 0 N–H and O–H groups in total. The zero-order valence-corrected chi connectivity index (χ0v) is 34.4. The summed E-state index contributed by atoms with van der Waals surface area (Å²) in [5, 5.41) is 4.59. The van der Waals surface area contributed by atoms with Gasteiger partial charge in [0.05, 0.1) is 5.52 Å². The number of para-hydroxylation sites is 1. The normalized spacial score (nSPS) is 12.9. The molecule has 7 heteroatoms. The predicted molar refractivity (Wildman–Crippen MR) is 227 cm³/mol. The van der Waals surface area contributed by atoms with Gasteiger partial charge in [0.2, 0.25) is 0 Å². The molecule has 280 valence electrons. The van der Waals surface area contributed by atoms with E-state index in [1.807, 2.05) is 12.3 Å². The molecule has 56 heavy (non-hydrogen) atoms. The Balaban J connectivity index is 0.00000410. The zero-order valence-electron chi connectivity index (χ0n) is 32.2. The molecule has 0 fully saturated rings. The van der Waals surface area contributed by atoms with Gasteiger partial charge in [-0.2, -0.15) is 12.7 Å². The maximum absolute atomic E-state index is 6.75. The number of anilines is 3. The van der Waals surface area contributed by atoms with Crippen molar-refractivity contribution in [3.63, 3.8) is 0 Å². The third-order valence-corrected chi connectivity index (χ3v) is 11.0. The number of pyridine rings is 1. The molecule has 3 aromatic heterocycles. The van der Waals surface area contributed by atoms with Crippen molar-refractivity contribution >= 4 is 60.7 Å². The Morgan fingerprint density at radius 2 is 1.45 bits per heavy atom. The molecule has 1 aliphatic heterocycles. The molecule has 9 aromatic rings. The van der Waals surface area contributed by atoms with Crippen molar-refractivity contribution in [2.24, 2.45) is 7.05 Å². The van der Waals surface area contributed by atoms with Crippen LogP contribution in [0.3, 0.4) is 0 Å². The standard InChI is InChI=1S/C49H40N5O.Pt/c1-31-16-20-42-40(22-31)41-29-50-48(28-45(41)52(42)6)54-43-15-11-10-14-38(43)39-19-18-36(27-46(39)54)55-37-25-34(49(2,3)4)24-35(26-37)53-30-51(5)44-21-17-33(23-47(44)53)32-12-8-7-9-13-32;/h7-25,28-30H,1-6H3;/q-3;. The minimum absolute atomic E-state index is 0. The molecule has 0 atom stereocenters. The predicted octanol–water partition coefficient (Wildman–Crippen LogP) is 12.2. The van der Waals surface area contributed by atoms with Crippen LogP contribution in [-0.4, -0.2) is 21.2 Å². The average molecular weight is 910 g/mol. The van der Waals surface area contributed by atoms with Gasteiger partial charge in [0, 0.05) is 85.1 Å². The van der Waals surface area contributed by atoms with Crippen LogP contribution in [0.1, 0.15) is 31.9 Å². The SMILES string of the molecule is Cc1ccc2c(c1)c1cnc(-n3c4[c-]c(Oc5[c-]c(N6[CH-]N(C)c7ccc(-c8ccccc8)cc76)cc(C(C)(C)C)c5)ccc4c4ccccc43)cc1n2C.[Pt]. The number of rotatable bonds is 5. The topological polar surface area (TPSA) is 38.5 Å². The number of aryl methyl sites for hydroxylation is 2. The van der Waals surface area contributed by atoms with Gasteiger partial charge in [0.15, 0.2) is 0 Å². The first kappa shape index (κ1) is 35.8. The van der Waals surface area contributed by atoms with E-state index in [2.05, 4.69) is 195 Å². The molecule has 0 bridgehead atoms. The first-order valence-electron chi connectivity index (χ1n) is 18.7. The monoisotopic (exact) mass is 909 g/mol. The van der Waals surface area contributed by atoms with Crippen LogP contribution in [-0.2, 0) is 33.5 Å². The second-order valence-corrected chi connectivity index (χ2v) is 15.7. The minimum Gasteiger partial charge on any atom is -0.509 e. The summed E-state index contributed by atoms with van der Waals surface area (Å²) in [4.78, 5) is 9.44. The number of fused-ring (bicyclic) bond motifs is 7. The summed E-state index contributed by atoms with van der Waals surface area (Å²) in [5.41, 5.74) is 12.0. The van der Waals surface area contributed by atoms with Crippen LogP contribution in [0.5, 0.6) is 11.5 Å². The van der Waals surface area contributed by atoms with E-state index >= 15 is 0 Å².